The van der Waals surface area contributed by atoms with Gasteiger partial charge in [-0.3, -0.25) is 4.90 Å². The van der Waals surface area contributed by atoms with Crippen molar-refractivity contribution in [1.82, 2.24) is 10.2 Å². The van der Waals surface area contributed by atoms with E-state index in [0.717, 1.165) is 38.5 Å². The fourth-order valence-corrected chi connectivity index (χ4v) is 4.60. The zero-order valence-corrected chi connectivity index (χ0v) is 13.9. The van der Waals surface area contributed by atoms with Crippen LogP contribution in [0.1, 0.15) is 52.9 Å². The lowest BCUT2D eigenvalue weighted by atomic mass is 9.84. The molecule has 0 aromatic heterocycles. The Labute approximate surface area is 129 Å². The number of likely N-dealkylation sites (tertiary alicyclic amines) is 1. The molecule has 4 heteroatoms. The largest absolute Gasteiger partial charge is 0.347 e. The van der Waals surface area contributed by atoms with Gasteiger partial charge in [-0.25, -0.2) is 0 Å². The van der Waals surface area contributed by atoms with Crippen LogP contribution in [0.25, 0.3) is 0 Å². The van der Waals surface area contributed by atoms with Crippen LogP contribution in [0.4, 0.5) is 0 Å². The molecule has 0 radical (unpaired) electrons. The number of nitrogens with one attached hydrogen (secondary N) is 1. The fraction of sp³-hybridized carbons (Fsp3) is 1.00. The summed E-state index contributed by atoms with van der Waals surface area (Å²) < 4.78 is 12.0. The van der Waals surface area contributed by atoms with E-state index in [4.69, 9.17) is 9.47 Å². The molecule has 4 atom stereocenters. The van der Waals surface area contributed by atoms with Crippen LogP contribution < -0.4 is 5.32 Å². The van der Waals surface area contributed by atoms with Crippen LogP contribution >= 0.6 is 0 Å². The first-order valence-electron chi connectivity index (χ1n) is 8.90. The van der Waals surface area contributed by atoms with Gasteiger partial charge in [-0.2, -0.15) is 0 Å². The second kappa shape index (κ2) is 6.53. The first kappa shape index (κ1) is 15.7. The zero-order chi connectivity index (χ0) is 14.9. The Kier molecular flexibility index (Phi) is 4.89. The number of hydrogen-bond donors (Lipinski definition) is 1. The number of hydrogen-bond acceptors (Lipinski definition) is 4. The average Bonchev–Trinajstić information content (AvgIpc) is 3.04. The number of rotatable bonds is 4. The second-order valence-electron chi connectivity index (χ2n) is 7.37. The molecule has 2 heterocycles. The van der Waals surface area contributed by atoms with E-state index in [1.165, 1.54) is 25.8 Å². The summed E-state index contributed by atoms with van der Waals surface area (Å²) >= 11 is 0. The van der Waals surface area contributed by atoms with Crippen molar-refractivity contribution in [2.24, 2.45) is 5.92 Å². The molecule has 4 unspecified atom stereocenters. The van der Waals surface area contributed by atoms with E-state index in [9.17, 15) is 0 Å². The maximum atomic E-state index is 6.01. The third-order valence-corrected chi connectivity index (χ3v) is 5.55. The van der Waals surface area contributed by atoms with Crippen LogP contribution in [0.5, 0.6) is 0 Å². The first-order chi connectivity index (χ1) is 10.1. The minimum absolute atomic E-state index is 0.277. The highest BCUT2D eigenvalue weighted by atomic mass is 16.7. The van der Waals surface area contributed by atoms with Crippen molar-refractivity contribution in [2.75, 3.05) is 26.3 Å². The van der Waals surface area contributed by atoms with Gasteiger partial charge in [0.25, 0.3) is 0 Å². The van der Waals surface area contributed by atoms with E-state index in [1.54, 1.807) is 0 Å². The Morgan fingerprint density at radius 1 is 1.24 bits per heavy atom. The minimum Gasteiger partial charge on any atom is -0.347 e. The molecule has 1 spiro atoms. The van der Waals surface area contributed by atoms with E-state index < -0.39 is 0 Å². The fourth-order valence-electron chi connectivity index (χ4n) is 4.60. The summed E-state index contributed by atoms with van der Waals surface area (Å²) in [6.45, 7) is 10.9. The van der Waals surface area contributed by atoms with Crippen molar-refractivity contribution < 1.29 is 9.47 Å². The van der Waals surface area contributed by atoms with Gasteiger partial charge in [0.15, 0.2) is 5.79 Å². The smallest absolute Gasteiger partial charge is 0.170 e. The van der Waals surface area contributed by atoms with Gasteiger partial charge < -0.3 is 14.8 Å². The normalized spacial score (nSPS) is 40.1. The molecule has 1 N–H and O–H groups in total. The topological polar surface area (TPSA) is 33.7 Å². The first-order valence-corrected chi connectivity index (χ1v) is 8.90. The van der Waals surface area contributed by atoms with Crippen LogP contribution in [-0.4, -0.2) is 55.1 Å². The molecule has 3 rings (SSSR count). The molecule has 122 valence electrons. The molecule has 1 aliphatic carbocycles. The predicted molar refractivity (Wildman–Crippen MR) is 84.3 cm³/mol. The van der Waals surface area contributed by atoms with Gasteiger partial charge in [-0.15, -0.1) is 0 Å². The molecule has 0 bridgehead atoms. The van der Waals surface area contributed by atoms with Crippen molar-refractivity contribution in [3.8, 4) is 0 Å². The summed E-state index contributed by atoms with van der Waals surface area (Å²) in [5.41, 5.74) is 0. The van der Waals surface area contributed by atoms with Gasteiger partial charge in [-0.1, -0.05) is 13.8 Å². The van der Waals surface area contributed by atoms with Crippen LogP contribution in [0, 0.1) is 5.92 Å². The van der Waals surface area contributed by atoms with Crippen LogP contribution in [0.3, 0.4) is 0 Å². The summed E-state index contributed by atoms with van der Waals surface area (Å²) in [4.78, 5) is 2.73. The maximum Gasteiger partial charge on any atom is 0.170 e. The average molecular weight is 296 g/mol. The molecular weight excluding hydrogens is 264 g/mol. The molecule has 3 fully saturated rings. The Bertz CT molecular complexity index is 344. The highest BCUT2D eigenvalue weighted by Gasteiger charge is 2.48. The predicted octanol–water partition coefficient (Wildman–Crippen LogP) is 2.38. The third kappa shape index (κ3) is 3.29. The Hall–Kier alpha value is -0.160. The molecule has 2 saturated heterocycles. The number of ether oxygens (including phenoxy) is 2. The van der Waals surface area contributed by atoms with Gasteiger partial charge in [0.05, 0.1) is 13.2 Å². The van der Waals surface area contributed by atoms with Gasteiger partial charge in [0, 0.05) is 37.5 Å². The zero-order valence-electron chi connectivity index (χ0n) is 13.9. The van der Waals surface area contributed by atoms with Gasteiger partial charge >= 0.3 is 0 Å². The molecular formula is C17H32N2O2. The summed E-state index contributed by atoms with van der Waals surface area (Å²) in [5.74, 6) is 0.538. The molecule has 0 amide bonds. The van der Waals surface area contributed by atoms with Crippen molar-refractivity contribution in [1.29, 1.82) is 0 Å². The molecule has 21 heavy (non-hydrogen) atoms. The molecule has 3 aliphatic rings. The van der Waals surface area contributed by atoms with Crippen LogP contribution in [0.2, 0.25) is 0 Å². The van der Waals surface area contributed by atoms with Crippen molar-refractivity contribution >= 4 is 0 Å². The van der Waals surface area contributed by atoms with E-state index in [1.807, 2.05) is 0 Å². The highest BCUT2D eigenvalue weighted by Crippen LogP contribution is 2.40. The Balaban J connectivity index is 1.72. The Morgan fingerprint density at radius 3 is 2.62 bits per heavy atom. The van der Waals surface area contributed by atoms with E-state index in [0.29, 0.717) is 18.1 Å². The van der Waals surface area contributed by atoms with Crippen LogP contribution in [0.15, 0.2) is 0 Å². The molecule has 1 saturated carbocycles. The summed E-state index contributed by atoms with van der Waals surface area (Å²) in [7, 11) is 0. The molecule has 0 aromatic carbocycles. The minimum atomic E-state index is -0.277. The summed E-state index contributed by atoms with van der Waals surface area (Å²) in [6, 6.07) is 1.84. The van der Waals surface area contributed by atoms with E-state index in [2.05, 4.69) is 31.0 Å². The lowest BCUT2D eigenvalue weighted by Crippen LogP contribution is -2.58. The van der Waals surface area contributed by atoms with E-state index in [-0.39, 0.29) is 5.79 Å². The monoisotopic (exact) mass is 296 g/mol. The van der Waals surface area contributed by atoms with Crippen LogP contribution in [-0.2, 0) is 9.47 Å². The van der Waals surface area contributed by atoms with Crippen molar-refractivity contribution in [3.05, 3.63) is 0 Å². The summed E-state index contributed by atoms with van der Waals surface area (Å²) in [5, 5.41) is 3.79. The maximum absolute atomic E-state index is 6.01. The highest BCUT2D eigenvalue weighted by molar-refractivity contribution is 4.99. The second-order valence-corrected chi connectivity index (χ2v) is 7.37. The lowest BCUT2D eigenvalue weighted by molar-refractivity contribution is -0.194. The molecule has 4 nitrogen and oxygen atoms in total. The molecule has 2 aliphatic heterocycles. The van der Waals surface area contributed by atoms with Crippen molar-refractivity contribution in [3.63, 3.8) is 0 Å². The van der Waals surface area contributed by atoms with Gasteiger partial charge in [-0.05, 0) is 38.6 Å². The number of nitrogens with zero attached hydrogens (tertiary/aromatic N) is 1. The van der Waals surface area contributed by atoms with Crippen molar-refractivity contribution in [2.45, 2.75) is 76.8 Å². The van der Waals surface area contributed by atoms with Gasteiger partial charge in [0.2, 0.25) is 0 Å². The lowest BCUT2D eigenvalue weighted by Gasteiger charge is -2.46. The van der Waals surface area contributed by atoms with Gasteiger partial charge in [0.1, 0.15) is 0 Å². The Morgan fingerprint density at radius 2 is 2.00 bits per heavy atom. The van der Waals surface area contributed by atoms with E-state index >= 15 is 0 Å². The molecule has 0 aromatic rings. The third-order valence-electron chi connectivity index (χ3n) is 5.55. The summed E-state index contributed by atoms with van der Waals surface area (Å²) in [6.07, 6.45) is 5.77. The standard InChI is InChI=1S/C17H32N2O2/c1-4-7-18-15-5-6-17(20-8-9-21-17)11-16(15)19-12-13(2)10-14(19)3/h13-16,18H,4-12H2,1-3H3. The quantitative estimate of drug-likeness (QED) is 0.863. The SMILES string of the molecule is CCCNC1CCC2(CC1N1CC(C)CC1C)OCCO2.